The molecule has 1 aromatic rings. The molecule has 0 fully saturated rings. The Bertz CT molecular complexity index is 471. The minimum absolute atomic E-state index is 0.118. The van der Waals surface area contributed by atoms with E-state index in [1.54, 1.807) is 6.92 Å². The lowest BCUT2D eigenvalue weighted by Gasteiger charge is -2.15. The van der Waals surface area contributed by atoms with E-state index in [2.05, 4.69) is 29.3 Å². The summed E-state index contributed by atoms with van der Waals surface area (Å²) in [7, 11) is 1.44. The highest BCUT2D eigenvalue weighted by Crippen LogP contribution is 2.11. The van der Waals surface area contributed by atoms with Crippen LogP contribution in [-0.2, 0) is 11.2 Å². The van der Waals surface area contributed by atoms with E-state index >= 15 is 0 Å². The van der Waals surface area contributed by atoms with Crippen LogP contribution < -0.4 is 11.1 Å². The number of hydrogen-bond donors (Lipinski definition) is 2. The largest absolute Gasteiger partial charge is 0.351 e. The SMILES string of the molecule is CC(C)Cc1noc([C@@H](C)NC(=O)CN(C)C(N)=O)n1. The fourth-order valence-electron chi connectivity index (χ4n) is 1.53. The third-order valence-electron chi connectivity index (χ3n) is 2.58. The van der Waals surface area contributed by atoms with Crippen LogP contribution in [0.3, 0.4) is 0 Å². The summed E-state index contributed by atoms with van der Waals surface area (Å²) < 4.78 is 5.10. The van der Waals surface area contributed by atoms with E-state index in [1.165, 1.54) is 7.05 Å². The number of urea groups is 1. The standard InChI is InChI=1S/C12H21N5O3/c1-7(2)5-9-15-11(20-16-9)8(3)14-10(18)6-17(4)12(13)19/h7-8H,5-6H2,1-4H3,(H2,13,19)(H,14,18)/t8-/m1/s1. The van der Waals surface area contributed by atoms with Crippen molar-refractivity contribution in [3.05, 3.63) is 11.7 Å². The predicted octanol–water partition coefficient (Wildman–Crippen LogP) is 0.456. The van der Waals surface area contributed by atoms with Gasteiger partial charge in [0.2, 0.25) is 11.8 Å². The summed E-state index contributed by atoms with van der Waals surface area (Å²) in [6.45, 7) is 5.73. The average Bonchev–Trinajstić information content (AvgIpc) is 2.76. The number of hydrogen-bond acceptors (Lipinski definition) is 5. The molecule has 0 aromatic carbocycles. The smallest absolute Gasteiger partial charge is 0.314 e. The number of primary amides is 1. The van der Waals surface area contributed by atoms with Crippen molar-refractivity contribution in [3.63, 3.8) is 0 Å². The lowest BCUT2D eigenvalue weighted by molar-refractivity contribution is -0.122. The summed E-state index contributed by atoms with van der Waals surface area (Å²) in [6, 6.07) is -1.08. The summed E-state index contributed by atoms with van der Waals surface area (Å²) >= 11 is 0. The Balaban J connectivity index is 2.53. The van der Waals surface area contributed by atoms with Crippen LogP contribution in [0.5, 0.6) is 0 Å². The summed E-state index contributed by atoms with van der Waals surface area (Å²) in [5, 5.41) is 6.52. The van der Waals surface area contributed by atoms with Crippen LogP contribution in [0.2, 0.25) is 0 Å². The second-order valence-corrected chi connectivity index (χ2v) is 5.13. The molecule has 0 unspecified atom stereocenters. The number of carbonyl (C=O) groups is 2. The molecule has 3 N–H and O–H groups in total. The number of rotatable bonds is 6. The Hall–Kier alpha value is -2.12. The van der Waals surface area contributed by atoms with Crippen LogP contribution in [0.1, 0.15) is 38.5 Å². The van der Waals surface area contributed by atoms with Crippen LogP contribution in [-0.4, -0.2) is 40.6 Å². The van der Waals surface area contributed by atoms with E-state index in [1.807, 2.05) is 0 Å². The number of nitrogens with one attached hydrogen (secondary N) is 1. The van der Waals surface area contributed by atoms with E-state index in [0.717, 1.165) is 4.90 Å². The highest BCUT2D eigenvalue weighted by atomic mass is 16.5. The van der Waals surface area contributed by atoms with Crippen molar-refractivity contribution < 1.29 is 14.1 Å². The molecule has 0 radical (unpaired) electrons. The zero-order valence-electron chi connectivity index (χ0n) is 12.2. The third-order valence-corrected chi connectivity index (χ3v) is 2.58. The van der Waals surface area contributed by atoms with Crippen molar-refractivity contribution in [1.29, 1.82) is 0 Å². The summed E-state index contributed by atoms with van der Waals surface area (Å²) in [5.41, 5.74) is 5.04. The first-order chi connectivity index (χ1) is 9.29. The Morgan fingerprint density at radius 1 is 1.40 bits per heavy atom. The first-order valence-electron chi connectivity index (χ1n) is 6.42. The third kappa shape index (κ3) is 4.87. The average molecular weight is 283 g/mol. The predicted molar refractivity (Wildman–Crippen MR) is 71.6 cm³/mol. The maximum atomic E-state index is 11.7. The molecule has 1 aromatic heterocycles. The van der Waals surface area contributed by atoms with Crippen molar-refractivity contribution >= 4 is 11.9 Å². The van der Waals surface area contributed by atoms with Gasteiger partial charge in [-0.3, -0.25) is 4.79 Å². The van der Waals surface area contributed by atoms with E-state index in [-0.39, 0.29) is 12.5 Å². The van der Waals surface area contributed by atoms with Gasteiger partial charge in [0.15, 0.2) is 5.82 Å². The molecule has 8 heteroatoms. The number of aromatic nitrogens is 2. The zero-order valence-corrected chi connectivity index (χ0v) is 12.2. The van der Waals surface area contributed by atoms with Crippen LogP contribution in [0, 0.1) is 5.92 Å². The molecular formula is C12H21N5O3. The highest BCUT2D eigenvalue weighted by Gasteiger charge is 2.18. The van der Waals surface area contributed by atoms with Crippen LogP contribution in [0.4, 0.5) is 4.79 Å². The van der Waals surface area contributed by atoms with Gasteiger partial charge in [0.1, 0.15) is 12.6 Å². The molecule has 20 heavy (non-hydrogen) atoms. The Labute approximate surface area is 117 Å². The van der Waals surface area contributed by atoms with Gasteiger partial charge in [-0.25, -0.2) is 4.79 Å². The molecule has 0 aliphatic heterocycles. The van der Waals surface area contributed by atoms with Gasteiger partial charge in [-0.15, -0.1) is 0 Å². The second kappa shape index (κ2) is 6.88. The van der Waals surface area contributed by atoms with Gasteiger partial charge in [0.05, 0.1) is 0 Å². The van der Waals surface area contributed by atoms with Crippen molar-refractivity contribution in [2.75, 3.05) is 13.6 Å². The molecule has 0 spiro atoms. The molecule has 1 heterocycles. The molecule has 0 aliphatic carbocycles. The fraction of sp³-hybridized carbons (Fsp3) is 0.667. The molecule has 0 bridgehead atoms. The summed E-state index contributed by atoms with van der Waals surface area (Å²) in [5.74, 6) is 1.04. The maximum absolute atomic E-state index is 11.7. The van der Waals surface area contributed by atoms with Gasteiger partial charge in [-0.1, -0.05) is 19.0 Å². The minimum atomic E-state index is -0.662. The number of amides is 3. The lowest BCUT2D eigenvalue weighted by Crippen LogP contribution is -2.41. The molecule has 1 atom stereocenters. The highest BCUT2D eigenvalue weighted by molar-refractivity contribution is 5.83. The van der Waals surface area contributed by atoms with Gasteiger partial charge in [-0.2, -0.15) is 4.98 Å². The van der Waals surface area contributed by atoms with E-state index < -0.39 is 12.1 Å². The number of likely N-dealkylation sites (N-methyl/N-ethyl adjacent to an activating group) is 1. The van der Waals surface area contributed by atoms with Crippen LogP contribution in [0.25, 0.3) is 0 Å². The Morgan fingerprint density at radius 3 is 2.60 bits per heavy atom. The van der Waals surface area contributed by atoms with Crippen LogP contribution >= 0.6 is 0 Å². The van der Waals surface area contributed by atoms with E-state index in [9.17, 15) is 9.59 Å². The van der Waals surface area contributed by atoms with Gasteiger partial charge < -0.3 is 20.5 Å². The van der Waals surface area contributed by atoms with E-state index in [4.69, 9.17) is 10.3 Å². The molecule has 0 saturated heterocycles. The summed E-state index contributed by atoms with van der Waals surface area (Å²) in [6.07, 6.45) is 0.717. The van der Waals surface area contributed by atoms with Gasteiger partial charge in [0, 0.05) is 13.5 Å². The monoisotopic (exact) mass is 283 g/mol. The molecule has 3 amide bonds. The first kappa shape index (κ1) is 15.9. The van der Waals surface area contributed by atoms with Crippen molar-refractivity contribution in [3.8, 4) is 0 Å². The second-order valence-electron chi connectivity index (χ2n) is 5.13. The normalized spacial score (nSPS) is 12.2. The molecule has 8 nitrogen and oxygen atoms in total. The number of nitrogens with two attached hydrogens (primary N) is 1. The zero-order chi connectivity index (χ0) is 15.3. The number of carbonyl (C=O) groups excluding carboxylic acids is 2. The molecular weight excluding hydrogens is 262 g/mol. The summed E-state index contributed by atoms with van der Waals surface area (Å²) in [4.78, 5) is 27.8. The van der Waals surface area contributed by atoms with Crippen molar-refractivity contribution in [2.45, 2.75) is 33.2 Å². The van der Waals surface area contributed by atoms with Gasteiger partial charge in [0.25, 0.3) is 0 Å². The quantitative estimate of drug-likeness (QED) is 0.787. The molecule has 0 saturated carbocycles. The Kier molecular flexibility index (Phi) is 5.48. The lowest BCUT2D eigenvalue weighted by atomic mass is 10.1. The number of nitrogens with zero attached hydrogens (tertiary/aromatic N) is 3. The van der Waals surface area contributed by atoms with Gasteiger partial charge >= 0.3 is 6.03 Å². The minimum Gasteiger partial charge on any atom is -0.351 e. The first-order valence-corrected chi connectivity index (χ1v) is 6.42. The van der Waals surface area contributed by atoms with Crippen molar-refractivity contribution in [2.24, 2.45) is 11.7 Å². The molecule has 112 valence electrons. The van der Waals surface area contributed by atoms with Crippen LogP contribution in [0.15, 0.2) is 4.52 Å². The van der Waals surface area contributed by atoms with Gasteiger partial charge in [-0.05, 0) is 12.8 Å². The maximum Gasteiger partial charge on any atom is 0.314 e. The topological polar surface area (TPSA) is 114 Å². The molecule has 0 aliphatic rings. The Morgan fingerprint density at radius 2 is 2.05 bits per heavy atom. The molecule has 1 rings (SSSR count). The van der Waals surface area contributed by atoms with Crippen molar-refractivity contribution in [1.82, 2.24) is 20.4 Å². The van der Waals surface area contributed by atoms with E-state index in [0.29, 0.717) is 24.1 Å². The fourth-order valence-corrected chi connectivity index (χ4v) is 1.53.